The Bertz CT molecular complexity index is 2510. The summed E-state index contributed by atoms with van der Waals surface area (Å²) in [7, 11) is 3.10. The molecule has 0 aromatic heterocycles. The van der Waals surface area contributed by atoms with Crippen LogP contribution in [0.25, 0.3) is 11.1 Å². The van der Waals surface area contributed by atoms with Crippen LogP contribution in [0.15, 0.2) is 95.2 Å². The zero-order chi connectivity index (χ0) is 43.5. The maximum atomic E-state index is 13.9. The molecule has 13 nitrogen and oxygen atoms in total. The Labute approximate surface area is 366 Å². The first-order chi connectivity index (χ1) is 29.9. The number of benzene rings is 4. The second kappa shape index (κ2) is 17.9. The molecule has 4 aromatic rings. The van der Waals surface area contributed by atoms with Crippen molar-refractivity contribution in [2.24, 2.45) is 9.98 Å². The number of nitrogens with zero attached hydrogens (tertiary/aromatic N) is 4. The summed E-state index contributed by atoms with van der Waals surface area (Å²) >= 11 is 4.54. The Balaban J connectivity index is 0.835. The number of unbranched alkanes of at least 4 members (excludes halogenated alkanes) is 2. The highest BCUT2D eigenvalue weighted by atomic mass is 32.1. The molecule has 4 aromatic carbocycles. The molecular weight excluding hydrogens is 807 g/mol. The monoisotopic (exact) mass is 855 g/mol. The van der Waals surface area contributed by atoms with Gasteiger partial charge in [-0.1, -0.05) is 36.4 Å². The summed E-state index contributed by atoms with van der Waals surface area (Å²) in [5.74, 6) is 0.581. The van der Waals surface area contributed by atoms with Crippen molar-refractivity contribution in [3.8, 4) is 23.0 Å². The van der Waals surface area contributed by atoms with Gasteiger partial charge < -0.3 is 33.9 Å². The van der Waals surface area contributed by atoms with Crippen LogP contribution in [-0.2, 0) is 6.54 Å². The van der Waals surface area contributed by atoms with E-state index in [1.807, 2.05) is 32.5 Å². The van der Waals surface area contributed by atoms with Gasteiger partial charge in [0.2, 0.25) is 0 Å². The minimum Gasteiger partial charge on any atom is -0.493 e. The lowest BCUT2D eigenvalue weighted by Crippen LogP contribution is -2.32. The number of methoxy groups -OCH3 is 2. The molecule has 0 saturated carbocycles. The number of carbonyl (C=O) groups is 3. The van der Waals surface area contributed by atoms with E-state index in [0.29, 0.717) is 78.1 Å². The van der Waals surface area contributed by atoms with Crippen molar-refractivity contribution in [1.29, 1.82) is 0 Å². The third-order valence-corrected chi connectivity index (χ3v) is 11.4. The van der Waals surface area contributed by atoms with E-state index in [9.17, 15) is 19.5 Å². The van der Waals surface area contributed by atoms with Crippen LogP contribution in [0.1, 0.15) is 93.7 Å². The summed E-state index contributed by atoms with van der Waals surface area (Å²) in [4.78, 5) is 51.5. The largest absolute Gasteiger partial charge is 0.493 e. The van der Waals surface area contributed by atoms with Crippen molar-refractivity contribution in [3.05, 3.63) is 119 Å². The van der Waals surface area contributed by atoms with Gasteiger partial charge in [-0.05, 0) is 85.2 Å². The molecule has 2 amide bonds. The number of hydrogen-bond acceptors (Lipinski definition) is 11. The Morgan fingerprint density at radius 3 is 1.63 bits per heavy atom. The van der Waals surface area contributed by atoms with Gasteiger partial charge in [-0.15, -0.1) is 0 Å². The van der Waals surface area contributed by atoms with Crippen molar-refractivity contribution in [2.75, 3.05) is 27.4 Å². The number of carbonyl (C=O) groups excluding carboxylic acids is 2. The fraction of sp³-hybridized carbons (Fsp3) is 0.312. The van der Waals surface area contributed by atoms with Crippen LogP contribution in [0.2, 0.25) is 0 Å². The average Bonchev–Trinajstić information content (AvgIpc) is 3.85. The number of ether oxygens (including phenoxy) is 4. The van der Waals surface area contributed by atoms with Gasteiger partial charge >= 0.3 is 5.97 Å². The molecule has 0 radical (unpaired) electrons. The zero-order valence-corrected chi connectivity index (χ0v) is 36.0. The van der Waals surface area contributed by atoms with Gasteiger partial charge in [0.05, 0.1) is 72.5 Å². The molecule has 62 heavy (non-hydrogen) atoms. The lowest BCUT2D eigenvalue weighted by atomic mass is 10.0. The second-order valence-electron chi connectivity index (χ2n) is 16.1. The fourth-order valence-electron chi connectivity index (χ4n) is 7.87. The fourth-order valence-corrected chi connectivity index (χ4v) is 7.95. The van der Waals surface area contributed by atoms with Crippen molar-refractivity contribution in [1.82, 2.24) is 15.1 Å². The van der Waals surface area contributed by atoms with Gasteiger partial charge in [0.15, 0.2) is 23.0 Å². The van der Waals surface area contributed by atoms with Crippen LogP contribution in [-0.4, -0.2) is 89.5 Å². The molecule has 14 heteroatoms. The van der Waals surface area contributed by atoms with Gasteiger partial charge in [-0.2, -0.15) is 12.6 Å². The number of aromatic carboxylic acids is 1. The van der Waals surface area contributed by atoms with Gasteiger partial charge in [0, 0.05) is 56.3 Å². The number of carboxylic acids is 1. The Kier molecular flexibility index (Phi) is 12.2. The lowest BCUT2D eigenvalue weighted by molar-refractivity contribution is 0.0695. The molecule has 0 unspecified atom stereocenters. The summed E-state index contributed by atoms with van der Waals surface area (Å²) in [6, 6.07) is 21.4. The van der Waals surface area contributed by atoms with E-state index < -0.39 is 5.97 Å². The highest BCUT2D eigenvalue weighted by Crippen LogP contribution is 2.42. The summed E-state index contributed by atoms with van der Waals surface area (Å²) in [5.41, 5.74) is 7.18. The molecule has 2 atom stereocenters. The number of amides is 2. The van der Waals surface area contributed by atoms with E-state index in [-0.39, 0.29) is 34.3 Å². The van der Waals surface area contributed by atoms with Crippen LogP contribution < -0.4 is 24.3 Å². The topological polar surface area (TPSA) is 152 Å². The van der Waals surface area contributed by atoms with Crippen molar-refractivity contribution < 1.29 is 38.4 Å². The maximum Gasteiger partial charge on any atom is 0.335 e. The Hall–Kier alpha value is -6.38. The van der Waals surface area contributed by atoms with E-state index >= 15 is 0 Å². The molecule has 8 rings (SSSR count). The van der Waals surface area contributed by atoms with Crippen LogP contribution in [0, 0.1) is 0 Å². The van der Waals surface area contributed by atoms with E-state index in [1.165, 1.54) is 7.11 Å². The van der Waals surface area contributed by atoms with Crippen LogP contribution >= 0.6 is 12.6 Å². The molecular formula is C48H49N5O8S. The van der Waals surface area contributed by atoms with E-state index in [2.05, 4.69) is 47.2 Å². The molecule has 0 aliphatic carbocycles. The number of thiol groups is 1. The first-order valence-corrected chi connectivity index (χ1v) is 21.1. The lowest BCUT2D eigenvalue weighted by Gasteiger charge is -2.19. The third-order valence-electron chi connectivity index (χ3n) is 11.3. The molecule has 4 aliphatic rings. The van der Waals surface area contributed by atoms with Crippen molar-refractivity contribution in [3.63, 3.8) is 0 Å². The second-order valence-corrected chi connectivity index (χ2v) is 17.2. The predicted molar refractivity (Wildman–Crippen MR) is 242 cm³/mol. The maximum absolute atomic E-state index is 13.9. The standard InChI is InChI=1S/C48H49N5O8S/c1-48(2,62)51-24-29-8-10-30(11-9-29)33-18-35-25-49-39-22-43(41(58-3)20-37(39)45(54)52(35)27-33)60-16-6-5-7-17-61-44-23-40-38(21-42(44)59-4)46(55)53-28-34(19-36(53)26-50-40)31-12-14-32(15-13-31)47(56)57/h8-15,20-23,25-28,35-36,51,62H,5-7,16-19,24H2,1-4H3,(H,56,57)/t35-,36-/m0/s1. The number of rotatable bonds is 16. The molecule has 4 heterocycles. The number of hydrogen-bond donors (Lipinski definition) is 3. The quantitative estimate of drug-likeness (QED) is 0.0571. The zero-order valence-electron chi connectivity index (χ0n) is 35.1. The summed E-state index contributed by atoms with van der Waals surface area (Å²) in [6.45, 7) is 5.58. The minimum absolute atomic E-state index is 0.140. The van der Waals surface area contributed by atoms with Gasteiger partial charge in [-0.25, -0.2) is 4.79 Å². The molecule has 2 N–H and O–H groups in total. The van der Waals surface area contributed by atoms with Crippen LogP contribution in [0.5, 0.6) is 23.0 Å². The molecule has 0 fully saturated rings. The SMILES string of the molecule is COc1cc2c(cc1OCCCCCOc1cc3c(cc1OC)C(=O)N1C=C(c4ccc(C(=O)O)cc4)C[C@H]1C=N3)N=C[C@@H]1CC(c3ccc(CNC(C)(C)S)cc3)=CN1C2=O. The van der Waals surface area contributed by atoms with Crippen LogP contribution in [0.4, 0.5) is 11.4 Å². The van der Waals surface area contributed by atoms with E-state index in [0.717, 1.165) is 47.1 Å². The number of nitrogens with one attached hydrogen (secondary N) is 1. The summed E-state index contributed by atoms with van der Waals surface area (Å²) in [5, 5.41) is 12.6. The predicted octanol–water partition coefficient (Wildman–Crippen LogP) is 8.73. The number of fused-ring (bicyclic) bond motifs is 4. The van der Waals surface area contributed by atoms with E-state index in [4.69, 9.17) is 23.9 Å². The summed E-state index contributed by atoms with van der Waals surface area (Å²) < 4.78 is 23.6. The molecule has 0 bridgehead atoms. The van der Waals surface area contributed by atoms with Crippen molar-refractivity contribution in [2.45, 2.75) is 69.5 Å². The molecule has 0 spiro atoms. The summed E-state index contributed by atoms with van der Waals surface area (Å²) in [6.07, 6.45) is 10.9. The van der Waals surface area contributed by atoms with E-state index in [1.54, 1.807) is 71.7 Å². The third kappa shape index (κ3) is 9.12. The minimum atomic E-state index is -0.988. The van der Waals surface area contributed by atoms with Crippen molar-refractivity contribution >= 4 is 65.4 Å². The van der Waals surface area contributed by atoms with Crippen LogP contribution in [0.3, 0.4) is 0 Å². The number of carboxylic acid groups (broad SMARTS) is 1. The average molecular weight is 856 g/mol. The first-order valence-electron chi connectivity index (χ1n) is 20.6. The Morgan fingerprint density at radius 2 is 1.19 bits per heavy atom. The Morgan fingerprint density at radius 1 is 0.726 bits per heavy atom. The molecule has 0 saturated heterocycles. The van der Waals surface area contributed by atoms with Gasteiger partial charge in [0.25, 0.3) is 11.8 Å². The van der Waals surface area contributed by atoms with Gasteiger partial charge in [0.1, 0.15) is 0 Å². The highest BCUT2D eigenvalue weighted by Gasteiger charge is 2.35. The van der Waals surface area contributed by atoms with Gasteiger partial charge in [-0.3, -0.25) is 24.9 Å². The first kappa shape index (κ1) is 42.3. The molecule has 4 aliphatic heterocycles. The highest BCUT2D eigenvalue weighted by molar-refractivity contribution is 7.81. The molecule has 320 valence electrons. The number of aliphatic imine (C=N–C) groups is 2. The smallest absolute Gasteiger partial charge is 0.335 e. The normalized spacial score (nSPS) is 17.6.